The second-order valence-corrected chi connectivity index (χ2v) is 4.05. The van der Waals surface area contributed by atoms with E-state index in [-0.39, 0.29) is 5.91 Å². The number of benzene rings is 1. The summed E-state index contributed by atoms with van der Waals surface area (Å²) in [6.07, 6.45) is 2.44. The van der Waals surface area contributed by atoms with Crippen molar-refractivity contribution in [2.75, 3.05) is 12.4 Å². The lowest BCUT2D eigenvalue weighted by Crippen LogP contribution is -2.13. The Morgan fingerprint density at radius 3 is 2.79 bits per heavy atom. The highest BCUT2D eigenvalue weighted by atomic mass is 16.5. The second-order valence-electron chi connectivity index (χ2n) is 4.05. The molecule has 4 heteroatoms. The first kappa shape index (κ1) is 13.1. The summed E-state index contributed by atoms with van der Waals surface area (Å²) in [5.74, 6) is 0.617. The number of carbonyl (C=O) groups is 1. The van der Waals surface area contributed by atoms with Crippen LogP contribution < -0.4 is 10.1 Å². The van der Waals surface area contributed by atoms with Crippen molar-refractivity contribution in [3.63, 3.8) is 0 Å². The number of amides is 1. The van der Waals surface area contributed by atoms with Gasteiger partial charge in [0.25, 0.3) is 5.91 Å². The number of pyridine rings is 1. The van der Waals surface area contributed by atoms with Crippen LogP contribution in [0.25, 0.3) is 0 Å². The largest absolute Gasteiger partial charge is 0.496 e. The van der Waals surface area contributed by atoms with E-state index in [4.69, 9.17) is 4.74 Å². The molecule has 0 radical (unpaired) electrons. The molecule has 19 heavy (non-hydrogen) atoms. The Kier molecular flexibility index (Phi) is 4.13. The van der Waals surface area contributed by atoms with Crippen molar-refractivity contribution >= 4 is 11.6 Å². The van der Waals surface area contributed by atoms with E-state index in [1.807, 2.05) is 25.1 Å². The van der Waals surface area contributed by atoms with Crippen LogP contribution in [0.1, 0.15) is 23.0 Å². The highest BCUT2D eigenvalue weighted by Gasteiger charge is 2.08. The van der Waals surface area contributed by atoms with E-state index in [0.29, 0.717) is 5.69 Å². The number of nitrogens with one attached hydrogen (secondary N) is 1. The molecule has 0 fully saturated rings. The quantitative estimate of drug-likeness (QED) is 0.915. The second kappa shape index (κ2) is 6.00. The molecular formula is C15H16N2O2. The molecule has 0 aliphatic carbocycles. The first-order chi connectivity index (χ1) is 9.24. The maximum atomic E-state index is 12.0. The maximum Gasteiger partial charge on any atom is 0.274 e. The Bertz CT molecular complexity index is 568. The van der Waals surface area contributed by atoms with Gasteiger partial charge in [-0.05, 0) is 42.3 Å². The molecule has 4 nitrogen and oxygen atoms in total. The number of ether oxygens (including phenoxy) is 1. The average Bonchev–Trinajstić information content (AvgIpc) is 2.48. The summed E-state index contributed by atoms with van der Waals surface area (Å²) in [4.78, 5) is 16.0. The SMILES string of the molecule is CCc1cc(NC(=O)c2ccccn2)ccc1OC. The number of aromatic nitrogens is 1. The summed E-state index contributed by atoms with van der Waals surface area (Å²) in [6, 6.07) is 10.8. The maximum absolute atomic E-state index is 12.0. The van der Waals surface area contributed by atoms with Crippen molar-refractivity contribution in [2.24, 2.45) is 0 Å². The smallest absolute Gasteiger partial charge is 0.274 e. The van der Waals surface area contributed by atoms with Crippen molar-refractivity contribution in [1.29, 1.82) is 0 Å². The minimum atomic E-state index is -0.215. The number of nitrogens with zero attached hydrogens (tertiary/aromatic N) is 1. The molecule has 0 unspecified atom stereocenters. The van der Waals surface area contributed by atoms with E-state index in [2.05, 4.69) is 10.3 Å². The van der Waals surface area contributed by atoms with E-state index < -0.39 is 0 Å². The summed E-state index contributed by atoms with van der Waals surface area (Å²) < 4.78 is 5.26. The topological polar surface area (TPSA) is 51.2 Å². The molecule has 0 aliphatic rings. The van der Waals surface area contributed by atoms with Crippen molar-refractivity contribution in [1.82, 2.24) is 4.98 Å². The fourth-order valence-corrected chi connectivity index (χ4v) is 1.82. The molecule has 1 amide bonds. The van der Waals surface area contributed by atoms with Crippen LogP contribution >= 0.6 is 0 Å². The zero-order chi connectivity index (χ0) is 13.7. The fraction of sp³-hybridized carbons (Fsp3) is 0.200. The highest BCUT2D eigenvalue weighted by molar-refractivity contribution is 6.02. The van der Waals surface area contributed by atoms with E-state index in [1.165, 1.54) is 0 Å². The van der Waals surface area contributed by atoms with Gasteiger partial charge in [0.1, 0.15) is 11.4 Å². The minimum absolute atomic E-state index is 0.215. The van der Waals surface area contributed by atoms with Gasteiger partial charge in [-0.2, -0.15) is 0 Å². The van der Waals surface area contributed by atoms with E-state index >= 15 is 0 Å². The predicted octanol–water partition coefficient (Wildman–Crippen LogP) is 2.90. The van der Waals surface area contributed by atoms with E-state index in [0.717, 1.165) is 23.4 Å². The van der Waals surface area contributed by atoms with Crippen LogP contribution in [0.2, 0.25) is 0 Å². The number of aryl methyl sites for hydroxylation is 1. The van der Waals surface area contributed by atoms with Gasteiger partial charge in [-0.25, -0.2) is 0 Å². The summed E-state index contributed by atoms with van der Waals surface area (Å²) in [5.41, 5.74) is 2.20. The van der Waals surface area contributed by atoms with Gasteiger partial charge in [0.15, 0.2) is 0 Å². The van der Waals surface area contributed by atoms with Crippen molar-refractivity contribution in [2.45, 2.75) is 13.3 Å². The zero-order valence-electron chi connectivity index (χ0n) is 11.0. The third-order valence-electron chi connectivity index (χ3n) is 2.82. The fourth-order valence-electron chi connectivity index (χ4n) is 1.82. The molecule has 0 spiro atoms. The Labute approximate surface area is 112 Å². The number of rotatable bonds is 4. The standard InChI is InChI=1S/C15H16N2O2/c1-3-11-10-12(7-8-14(11)19-2)17-15(18)13-6-4-5-9-16-13/h4-10H,3H2,1-2H3,(H,17,18). The molecule has 98 valence electrons. The molecule has 1 aromatic heterocycles. The van der Waals surface area contributed by atoms with Gasteiger partial charge in [-0.3, -0.25) is 9.78 Å². The van der Waals surface area contributed by atoms with Gasteiger partial charge in [0, 0.05) is 11.9 Å². The van der Waals surface area contributed by atoms with Crippen LogP contribution in [0, 0.1) is 0 Å². The first-order valence-corrected chi connectivity index (χ1v) is 6.14. The molecule has 0 atom stereocenters. The molecule has 2 rings (SSSR count). The van der Waals surface area contributed by atoms with Crippen LogP contribution in [0.15, 0.2) is 42.6 Å². The number of hydrogen-bond donors (Lipinski definition) is 1. The van der Waals surface area contributed by atoms with E-state index in [9.17, 15) is 4.79 Å². The van der Waals surface area contributed by atoms with Crippen molar-refractivity contribution < 1.29 is 9.53 Å². The summed E-state index contributed by atoms with van der Waals surface area (Å²) in [5, 5.41) is 2.83. The van der Waals surface area contributed by atoms with Crippen LogP contribution in [-0.4, -0.2) is 18.0 Å². The lowest BCUT2D eigenvalue weighted by molar-refractivity contribution is 0.102. The number of hydrogen-bond acceptors (Lipinski definition) is 3. The van der Waals surface area contributed by atoms with Crippen LogP contribution in [0.4, 0.5) is 5.69 Å². The summed E-state index contributed by atoms with van der Waals surface area (Å²) >= 11 is 0. The van der Waals surface area contributed by atoms with Gasteiger partial charge in [-0.1, -0.05) is 13.0 Å². The van der Waals surface area contributed by atoms with Crippen LogP contribution in [0.5, 0.6) is 5.75 Å². The van der Waals surface area contributed by atoms with Crippen LogP contribution in [0.3, 0.4) is 0 Å². The third-order valence-corrected chi connectivity index (χ3v) is 2.82. The molecule has 1 N–H and O–H groups in total. The van der Waals surface area contributed by atoms with Crippen LogP contribution in [-0.2, 0) is 6.42 Å². The Morgan fingerprint density at radius 1 is 1.32 bits per heavy atom. The summed E-state index contributed by atoms with van der Waals surface area (Å²) in [7, 11) is 1.64. The normalized spacial score (nSPS) is 10.0. The molecule has 1 aromatic carbocycles. The zero-order valence-corrected chi connectivity index (χ0v) is 11.0. The van der Waals surface area contributed by atoms with Gasteiger partial charge < -0.3 is 10.1 Å². The lowest BCUT2D eigenvalue weighted by Gasteiger charge is -2.10. The number of carbonyl (C=O) groups excluding carboxylic acids is 1. The Morgan fingerprint density at radius 2 is 2.16 bits per heavy atom. The van der Waals surface area contributed by atoms with Gasteiger partial charge in [-0.15, -0.1) is 0 Å². The average molecular weight is 256 g/mol. The Balaban J connectivity index is 2.18. The monoisotopic (exact) mass is 256 g/mol. The highest BCUT2D eigenvalue weighted by Crippen LogP contribution is 2.23. The molecule has 0 aliphatic heterocycles. The third kappa shape index (κ3) is 3.10. The predicted molar refractivity (Wildman–Crippen MR) is 74.6 cm³/mol. The van der Waals surface area contributed by atoms with E-state index in [1.54, 1.807) is 31.5 Å². The molecule has 0 saturated heterocycles. The van der Waals surface area contributed by atoms with Crippen molar-refractivity contribution in [3.8, 4) is 5.75 Å². The van der Waals surface area contributed by atoms with Gasteiger partial charge >= 0.3 is 0 Å². The van der Waals surface area contributed by atoms with Gasteiger partial charge in [0.05, 0.1) is 7.11 Å². The summed E-state index contributed by atoms with van der Waals surface area (Å²) in [6.45, 7) is 2.04. The molecule has 0 bridgehead atoms. The number of anilines is 1. The molecular weight excluding hydrogens is 240 g/mol. The Hall–Kier alpha value is -2.36. The molecule has 0 saturated carbocycles. The molecule has 2 aromatic rings. The first-order valence-electron chi connectivity index (χ1n) is 6.14. The minimum Gasteiger partial charge on any atom is -0.496 e. The van der Waals surface area contributed by atoms with Gasteiger partial charge in [0.2, 0.25) is 0 Å². The van der Waals surface area contributed by atoms with Crippen molar-refractivity contribution in [3.05, 3.63) is 53.9 Å². The number of methoxy groups -OCH3 is 1. The molecule has 1 heterocycles. The lowest BCUT2D eigenvalue weighted by atomic mass is 10.1.